The summed E-state index contributed by atoms with van der Waals surface area (Å²) in [5, 5.41) is 24.2. The highest BCUT2D eigenvalue weighted by Crippen LogP contribution is 2.61. The van der Waals surface area contributed by atoms with E-state index in [1.807, 2.05) is 5.38 Å². The highest BCUT2D eigenvalue weighted by molar-refractivity contribution is 7.99. The molecule has 4 aliphatic carbocycles. The van der Waals surface area contributed by atoms with Crippen molar-refractivity contribution in [2.75, 3.05) is 11.1 Å². The first kappa shape index (κ1) is 20.1. The highest BCUT2D eigenvalue weighted by Gasteiger charge is 2.51. The molecule has 0 radical (unpaired) electrons. The summed E-state index contributed by atoms with van der Waals surface area (Å²) in [5.41, 5.74) is 0.939. The van der Waals surface area contributed by atoms with E-state index in [0.29, 0.717) is 16.0 Å². The predicted octanol–water partition coefficient (Wildman–Crippen LogP) is 4.72. The monoisotopic (exact) mass is 441 g/mol. The number of hydrogen-bond donors (Lipinski definition) is 1. The van der Waals surface area contributed by atoms with E-state index in [0.717, 1.165) is 41.7 Å². The third kappa shape index (κ3) is 3.78. The van der Waals surface area contributed by atoms with Gasteiger partial charge in [-0.2, -0.15) is 5.26 Å². The second-order valence-electron chi connectivity index (χ2n) is 9.35. The summed E-state index contributed by atoms with van der Waals surface area (Å²) >= 11 is 2.80. The second-order valence-corrected chi connectivity index (χ2v) is 11.2. The van der Waals surface area contributed by atoms with Gasteiger partial charge in [-0.1, -0.05) is 11.8 Å². The van der Waals surface area contributed by atoms with E-state index in [2.05, 4.69) is 33.1 Å². The topological polar surface area (TPSA) is 83.6 Å². The first-order valence-corrected chi connectivity index (χ1v) is 12.8. The Labute approximate surface area is 185 Å². The normalized spacial score (nSPS) is 29.1. The van der Waals surface area contributed by atoms with E-state index >= 15 is 0 Å². The average molecular weight is 442 g/mol. The molecule has 0 aromatic carbocycles. The van der Waals surface area contributed by atoms with Crippen LogP contribution in [0.1, 0.15) is 56.8 Å². The van der Waals surface area contributed by atoms with E-state index in [-0.39, 0.29) is 11.7 Å². The summed E-state index contributed by atoms with van der Waals surface area (Å²) in [6.07, 6.45) is 9.48. The molecule has 2 aromatic heterocycles. The largest absolute Gasteiger partial charge is 0.316 e. The highest BCUT2D eigenvalue weighted by atomic mass is 32.2. The van der Waals surface area contributed by atoms with Gasteiger partial charge in [-0.05, 0) is 80.1 Å². The van der Waals surface area contributed by atoms with Gasteiger partial charge in [-0.15, -0.1) is 21.5 Å². The number of aromatic nitrogens is 3. The Hall–Kier alpha value is -1.85. The Morgan fingerprint density at radius 2 is 2.00 bits per heavy atom. The van der Waals surface area contributed by atoms with Crippen LogP contribution < -0.4 is 5.32 Å². The van der Waals surface area contributed by atoms with Gasteiger partial charge >= 0.3 is 0 Å². The van der Waals surface area contributed by atoms with Crippen LogP contribution in [0.15, 0.2) is 16.6 Å². The Morgan fingerprint density at radius 1 is 1.30 bits per heavy atom. The minimum atomic E-state index is -0.118. The molecule has 4 fully saturated rings. The zero-order chi connectivity index (χ0) is 20.7. The van der Waals surface area contributed by atoms with Crippen LogP contribution in [0, 0.1) is 34.5 Å². The molecule has 2 aromatic rings. The zero-order valence-electron chi connectivity index (χ0n) is 17.3. The second kappa shape index (κ2) is 8.01. The van der Waals surface area contributed by atoms with Crippen LogP contribution in [0.3, 0.4) is 0 Å². The molecule has 2 heterocycles. The molecule has 0 aliphatic heterocycles. The third-order valence-electron chi connectivity index (χ3n) is 7.18. The molecule has 158 valence electrons. The number of carbonyl (C=O) groups is 1. The molecule has 0 atom stereocenters. The summed E-state index contributed by atoms with van der Waals surface area (Å²) < 4.78 is 2.20. The molecular formula is C22H27N5OS2. The van der Waals surface area contributed by atoms with Crippen LogP contribution in [0.5, 0.6) is 0 Å². The van der Waals surface area contributed by atoms with Gasteiger partial charge in [-0.3, -0.25) is 4.79 Å². The van der Waals surface area contributed by atoms with Crippen molar-refractivity contribution in [3.63, 3.8) is 0 Å². The summed E-state index contributed by atoms with van der Waals surface area (Å²) in [4.78, 5) is 12.4. The zero-order valence-corrected chi connectivity index (χ0v) is 18.9. The van der Waals surface area contributed by atoms with Gasteiger partial charge in [0, 0.05) is 13.0 Å². The van der Waals surface area contributed by atoms with Crippen LogP contribution in [0.25, 0.3) is 0 Å². The quantitative estimate of drug-likeness (QED) is 0.629. The van der Waals surface area contributed by atoms with E-state index in [1.165, 1.54) is 61.6 Å². The number of rotatable bonds is 7. The number of anilines is 1. The minimum Gasteiger partial charge on any atom is -0.316 e. The lowest BCUT2D eigenvalue weighted by Gasteiger charge is -2.56. The summed E-state index contributed by atoms with van der Waals surface area (Å²) in [7, 11) is 0. The van der Waals surface area contributed by atoms with Gasteiger partial charge in [0.25, 0.3) is 0 Å². The van der Waals surface area contributed by atoms with Gasteiger partial charge in [0.1, 0.15) is 16.9 Å². The van der Waals surface area contributed by atoms with Crippen molar-refractivity contribution in [3.8, 4) is 6.07 Å². The Morgan fingerprint density at radius 3 is 2.63 bits per heavy atom. The molecule has 30 heavy (non-hydrogen) atoms. The first-order chi connectivity index (χ1) is 14.6. The number of thioether (sulfide) groups is 1. The average Bonchev–Trinajstić information content (AvgIpc) is 3.30. The summed E-state index contributed by atoms with van der Waals surface area (Å²) in [6, 6.07) is 3.82. The number of amides is 1. The molecule has 0 saturated heterocycles. The van der Waals surface area contributed by atoms with Gasteiger partial charge in [-0.25, -0.2) is 0 Å². The molecule has 4 aliphatic rings. The fraction of sp³-hybridized carbons (Fsp3) is 0.636. The smallest absolute Gasteiger partial charge is 0.235 e. The number of nitriles is 1. The summed E-state index contributed by atoms with van der Waals surface area (Å²) in [5.74, 6) is 4.03. The maximum atomic E-state index is 12.4. The van der Waals surface area contributed by atoms with Crippen molar-refractivity contribution in [3.05, 3.63) is 22.8 Å². The Kier molecular flexibility index (Phi) is 5.36. The maximum absolute atomic E-state index is 12.4. The molecule has 4 bridgehead atoms. The Bertz CT molecular complexity index is 953. The SMILES string of the molecule is CCn1c(CC23CC4CC(CC(C4)C2)C3)nnc1SCC(=O)Nc1sccc1C#N. The fourth-order valence-electron chi connectivity index (χ4n) is 6.50. The Balaban J connectivity index is 1.24. The molecule has 6 rings (SSSR count). The van der Waals surface area contributed by atoms with E-state index < -0.39 is 0 Å². The maximum Gasteiger partial charge on any atom is 0.235 e. The van der Waals surface area contributed by atoms with E-state index in [4.69, 9.17) is 5.26 Å². The number of hydrogen-bond acceptors (Lipinski definition) is 6. The van der Waals surface area contributed by atoms with Crippen molar-refractivity contribution in [2.45, 2.75) is 63.6 Å². The standard InChI is InChI=1S/C22H27N5OS2/c1-2-27-18(11-22-8-14-5-15(9-22)7-16(6-14)10-22)25-26-21(27)30-13-19(28)24-20-17(12-23)3-4-29-20/h3-4,14-16H,2,5-11,13H2,1H3,(H,24,28). The lowest BCUT2D eigenvalue weighted by molar-refractivity contribution is -0.113. The molecule has 1 N–H and O–H groups in total. The molecule has 0 unspecified atom stereocenters. The minimum absolute atomic E-state index is 0.118. The summed E-state index contributed by atoms with van der Waals surface area (Å²) in [6.45, 7) is 2.95. The number of thiophene rings is 1. The lowest BCUT2D eigenvalue weighted by Crippen LogP contribution is -2.47. The number of nitrogens with one attached hydrogen (secondary N) is 1. The number of nitrogens with zero attached hydrogens (tertiary/aromatic N) is 4. The molecule has 4 saturated carbocycles. The van der Waals surface area contributed by atoms with Crippen molar-refractivity contribution in [2.24, 2.45) is 23.2 Å². The van der Waals surface area contributed by atoms with Gasteiger partial charge < -0.3 is 9.88 Å². The molecule has 0 spiro atoms. The van der Waals surface area contributed by atoms with E-state index in [1.54, 1.807) is 6.07 Å². The van der Waals surface area contributed by atoms with Crippen LogP contribution in [0.4, 0.5) is 5.00 Å². The molecule has 6 nitrogen and oxygen atoms in total. The van der Waals surface area contributed by atoms with Crippen molar-refractivity contribution in [1.29, 1.82) is 5.26 Å². The number of carbonyl (C=O) groups excluding carboxylic acids is 1. The van der Waals surface area contributed by atoms with E-state index in [9.17, 15) is 4.79 Å². The van der Waals surface area contributed by atoms with Crippen molar-refractivity contribution >= 4 is 34.0 Å². The van der Waals surface area contributed by atoms with Crippen LogP contribution in [0.2, 0.25) is 0 Å². The van der Waals surface area contributed by atoms with Crippen molar-refractivity contribution < 1.29 is 4.79 Å². The van der Waals surface area contributed by atoms with Crippen molar-refractivity contribution in [1.82, 2.24) is 14.8 Å². The van der Waals surface area contributed by atoms with Gasteiger partial charge in [0.2, 0.25) is 5.91 Å². The lowest BCUT2D eigenvalue weighted by atomic mass is 9.49. The predicted molar refractivity (Wildman–Crippen MR) is 118 cm³/mol. The van der Waals surface area contributed by atoms with Crippen LogP contribution in [-0.4, -0.2) is 26.4 Å². The fourth-order valence-corrected chi connectivity index (χ4v) is 8.08. The molecule has 1 amide bonds. The first-order valence-electron chi connectivity index (χ1n) is 10.9. The van der Waals surface area contributed by atoms with Gasteiger partial charge in [0.05, 0.1) is 11.3 Å². The van der Waals surface area contributed by atoms with Crippen LogP contribution in [-0.2, 0) is 17.8 Å². The van der Waals surface area contributed by atoms with Crippen LogP contribution >= 0.6 is 23.1 Å². The molecule has 8 heteroatoms. The third-order valence-corrected chi connectivity index (χ3v) is 8.98. The molecular weight excluding hydrogens is 414 g/mol. The van der Waals surface area contributed by atoms with Gasteiger partial charge in [0.15, 0.2) is 5.16 Å².